The summed E-state index contributed by atoms with van der Waals surface area (Å²) in [6.07, 6.45) is 3.60. The van der Waals surface area contributed by atoms with Crippen LogP contribution in [0.4, 0.5) is 4.39 Å². The van der Waals surface area contributed by atoms with E-state index in [1.54, 1.807) is 23.1 Å². The normalized spacial score (nSPS) is 16.1. The van der Waals surface area contributed by atoms with E-state index in [9.17, 15) is 14.0 Å². The van der Waals surface area contributed by atoms with Gasteiger partial charge < -0.3 is 14.6 Å². The average Bonchev–Trinajstić information content (AvgIpc) is 3.23. The van der Waals surface area contributed by atoms with Gasteiger partial charge in [-0.25, -0.2) is 4.39 Å². The number of nitrogens with zero attached hydrogens (tertiary/aromatic N) is 2. The van der Waals surface area contributed by atoms with E-state index >= 15 is 0 Å². The van der Waals surface area contributed by atoms with Crippen molar-refractivity contribution >= 4 is 11.8 Å². The van der Waals surface area contributed by atoms with Crippen LogP contribution < -0.4 is 5.32 Å². The Morgan fingerprint density at radius 2 is 1.85 bits per heavy atom. The standard InChI is InChI=1S/C20H24FN3O3/c1-15(19(25)22-8-6-16-2-4-18(21)5-3-16)23-9-11-24(12-10-23)20(26)17-7-13-27-14-17/h2-5,7,13-15H,6,8-12H2,1H3,(H,22,25). The summed E-state index contributed by atoms with van der Waals surface area (Å²) in [5, 5.41) is 2.93. The average molecular weight is 373 g/mol. The number of carbonyl (C=O) groups is 2. The van der Waals surface area contributed by atoms with Crippen molar-refractivity contribution in [3.63, 3.8) is 0 Å². The van der Waals surface area contributed by atoms with E-state index in [-0.39, 0.29) is 23.7 Å². The zero-order valence-electron chi connectivity index (χ0n) is 15.4. The zero-order chi connectivity index (χ0) is 19.2. The Bertz CT molecular complexity index is 753. The zero-order valence-corrected chi connectivity index (χ0v) is 15.4. The molecule has 2 heterocycles. The van der Waals surface area contributed by atoms with Crippen LogP contribution >= 0.6 is 0 Å². The second-order valence-electron chi connectivity index (χ2n) is 6.68. The van der Waals surface area contributed by atoms with Crippen molar-refractivity contribution < 1.29 is 18.4 Å². The molecule has 6 nitrogen and oxygen atoms in total. The predicted octanol–water partition coefficient (Wildman–Crippen LogP) is 1.92. The summed E-state index contributed by atoms with van der Waals surface area (Å²) in [5.74, 6) is -0.340. The van der Waals surface area contributed by atoms with E-state index in [1.165, 1.54) is 24.7 Å². The first-order valence-electron chi connectivity index (χ1n) is 9.12. The molecule has 2 amide bonds. The molecule has 3 rings (SSSR count). The van der Waals surface area contributed by atoms with Gasteiger partial charge in [-0.1, -0.05) is 12.1 Å². The molecule has 7 heteroatoms. The molecule has 1 aromatic heterocycles. The van der Waals surface area contributed by atoms with Crippen molar-refractivity contribution in [2.24, 2.45) is 0 Å². The summed E-state index contributed by atoms with van der Waals surface area (Å²) < 4.78 is 17.9. The summed E-state index contributed by atoms with van der Waals surface area (Å²) >= 11 is 0. The lowest BCUT2D eigenvalue weighted by Gasteiger charge is -2.37. The predicted molar refractivity (Wildman–Crippen MR) is 98.8 cm³/mol. The summed E-state index contributed by atoms with van der Waals surface area (Å²) in [6.45, 7) is 4.84. The Morgan fingerprint density at radius 3 is 2.48 bits per heavy atom. The first-order chi connectivity index (χ1) is 13.0. The number of carbonyl (C=O) groups excluding carboxylic acids is 2. The molecule has 1 saturated heterocycles. The van der Waals surface area contributed by atoms with Gasteiger partial charge >= 0.3 is 0 Å². The SMILES string of the molecule is CC(C(=O)NCCc1ccc(F)cc1)N1CCN(C(=O)c2ccoc2)CC1. The van der Waals surface area contributed by atoms with Crippen LogP contribution in [0.5, 0.6) is 0 Å². The molecule has 0 spiro atoms. The van der Waals surface area contributed by atoms with Crippen LogP contribution in [0.2, 0.25) is 0 Å². The second-order valence-corrected chi connectivity index (χ2v) is 6.68. The van der Waals surface area contributed by atoms with Crippen LogP contribution in [0, 0.1) is 5.82 Å². The maximum absolute atomic E-state index is 12.9. The lowest BCUT2D eigenvalue weighted by Crippen LogP contribution is -2.55. The van der Waals surface area contributed by atoms with Crippen LogP contribution in [0.3, 0.4) is 0 Å². The van der Waals surface area contributed by atoms with Gasteiger partial charge in [-0.05, 0) is 37.1 Å². The lowest BCUT2D eigenvalue weighted by atomic mass is 10.1. The van der Waals surface area contributed by atoms with Crippen LogP contribution in [0.15, 0.2) is 47.3 Å². The Balaban J connectivity index is 1.41. The van der Waals surface area contributed by atoms with E-state index < -0.39 is 0 Å². The lowest BCUT2D eigenvalue weighted by molar-refractivity contribution is -0.126. The minimum atomic E-state index is -0.262. The van der Waals surface area contributed by atoms with Crippen molar-refractivity contribution in [3.8, 4) is 0 Å². The molecule has 1 atom stereocenters. The van der Waals surface area contributed by atoms with Gasteiger partial charge in [0.2, 0.25) is 5.91 Å². The molecular weight excluding hydrogens is 349 g/mol. The molecule has 0 aliphatic carbocycles. The molecule has 1 aliphatic heterocycles. The van der Waals surface area contributed by atoms with Crippen molar-refractivity contribution in [3.05, 3.63) is 59.8 Å². The third kappa shape index (κ3) is 4.95. The van der Waals surface area contributed by atoms with Crippen molar-refractivity contribution in [2.45, 2.75) is 19.4 Å². The number of amides is 2. The van der Waals surface area contributed by atoms with E-state index in [1.807, 2.05) is 6.92 Å². The molecule has 2 aromatic rings. The topological polar surface area (TPSA) is 65.8 Å². The van der Waals surface area contributed by atoms with Gasteiger partial charge in [0.15, 0.2) is 0 Å². The largest absolute Gasteiger partial charge is 0.472 e. The molecule has 0 saturated carbocycles. The van der Waals surface area contributed by atoms with Gasteiger partial charge in [0.05, 0.1) is 17.9 Å². The highest BCUT2D eigenvalue weighted by molar-refractivity contribution is 5.93. The highest BCUT2D eigenvalue weighted by atomic mass is 19.1. The molecule has 1 N–H and O–H groups in total. The fourth-order valence-electron chi connectivity index (χ4n) is 3.18. The summed E-state index contributed by atoms with van der Waals surface area (Å²) in [6, 6.07) is 7.69. The van der Waals surface area contributed by atoms with Gasteiger partial charge in [-0.2, -0.15) is 0 Å². The van der Waals surface area contributed by atoms with Crippen molar-refractivity contribution in [2.75, 3.05) is 32.7 Å². The molecule has 1 unspecified atom stereocenters. The Labute approximate surface area is 157 Å². The maximum Gasteiger partial charge on any atom is 0.257 e. The van der Waals surface area contributed by atoms with Crippen molar-refractivity contribution in [1.29, 1.82) is 0 Å². The number of rotatable bonds is 6. The molecule has 0 radical (unpaired) electrons. The van der Waals surface area contributed by atoms with Crippen molar-refractivity contribution in [1.82, 2.24) is 15.1 Å². The van der Waals surface area contributed by atoms with E-state index in [4.69, 9.17) is 4.42 Å². The smallest absolute Gasteiger partial charge is 0.257 e. The number of halogens is 1. The van der Waals surface area contributed by atoms with Gasteiger partial charge in [-0.3, -0.25) is 14.5 Å². The third-order valence-corrected chi connectivity index (χ3v) is 4.92. The van der Waals surface area contributed by atoms with Crippen LogP contribution in [-0.4, -0.2) is 60.4 Å². The monoisotopic (exact) mass is 373 g/mol. The second kappa shape index (κ2) is 8.81. The first-order valence-corrected chi connectivity index (χ1v) is 9.12. The maximum atomic E-state index is 12.9. The molecule has 1 fully saturated rings. The number of benzene rings is 1. The fraction of sp³-hybridized carbons (Fsp3) is 0.400. The number of piperazine rings is 1. The first kappa shape index (κ1) is 19.1. The number of nitrogens with one attached hydrogen (secondary N) is 1. The minimum Gasteiger partial charge on any atom is -0.472 e. The van der Waals surface area contributed by atoms with Crippen LogP contribution in [-0.2, 0) is 11.2 Å². The summed E-state index contributed by atoms with van der Waals surface area (Å²) in [7, 11) is 0. The van der Waals surface area contributed by atoms with Crippen LogP contribution in [0.25, 0.3) is 0 Å². The molecule has 0 bridgehead atoms. The Kier molecular flexibility index (Phi) is 6.24. The Hall–Kier alpha value is -2.67. The minimum absolute atomic E-state index is 0.0354. The van der Waals surface area contributed by atoms with E-state index in [2.05, 4.69) is 10.2 Å². The van der Waals surface area contributed by atoms with Gasteiger partial charge in [0.1, 0.15) is 12.1 Å². The molecule has 1 aromatic carbocycles. The van der Waals surface area contributed by atoms with Crippen LogP contribution in [0.1, 0.15) is 22.8 Å². The van der Waals surface area contributed by atoms with Gasteiger partial charge in [-0.15, -0.1) is 0 Å². The molecular formula is C20H24FN3O3. The molecule has 1 aliphatic rings. The highest BCUT2D eigenvalue weighted by Crippen LogP contribution is 2.11. The van der Waals surface area contributed by atoms with Gasteiger partial charge in [0.25, 0.3) is 5.91 Å². The fourth-order valence-corrected chi connectivity index (χ4v) is 3.18. The summed E-state index contributed by atoms with van der Waals surface area (Å²) in [4.78, 5) is 28.6. The number of hydrogen-bond donors (Lipinski definition) is 1. The van der Waals surface area contributed by atoms with E-state index in [0.717, 1.165) is 5.56 Å². The summed E-state index contributed by atoms with van der Waals surface area (Å²) in [5.41, 5.74) is 1.53. The number of furan rings is 1. The Morgan fingerprint density at radius 1 is 1.15 bits per heavy atom. The highest BCUT2D eigenvalue weighted by Gasteiger charge is 2.28. The third-order valence-electron chi connectivity index (χ3n) is 4.92. The van der Waals surface area contributed by atoms with E-state index in [0.29, 0.717) is 44.7 Å². The molecule has 144 valence electrons. The number of hydrogen-bond acceptors (Lipinski definition) is 4. The molecule has 27 heavy (non-hydrogen) atoms. The van der Waals surface area contributed by atoms with Gasteiger partial charge in [0, 0.05) is 32.7 Å². The quantitative estimate of drug-likeness (QED) is 0.840.